The zero-order valence-electron chi connectivity index (χ0n) is 50.6. The summed E-state index contributed by atoms with van der Waals surface area (Å²) in [6.45, 7) is 7.48. The van der Waals surface area contributed by atoms with E-state index in [9.17, 15) is 0 Å². The highest BCUT2D eigenvalue weighted by Gasteiger charge is 2.61. The smallest absolute Gasteiger partial charge is 0.262 e. The van der Waals surface area contributed by atoms with Crippen LogP contribution < -0.4 is 15.1 Å². The number of rotatable bonds is 22. The predicted octanol–water partition coefficient (Wildman–Crippen LogP) is 12.0. The largest absolute Gasteiger partial charge is 0.497 e. The van der Waals surface area contributed by atoms with Crippen molar-refractivity contribution in [1.29, 1.82) is 0 Å². The number of carbonyl (C=O) groups excluding carboxylic acids is 2. The lowest BCUT2D eigenvalue weighted by atomic mass is 9.90. The first-order valence-electron chi connectivity index (χ1n) is 30.7. The molecular formula is C72H79NO13SSi. The Kier molecular flexibility index (Phi) is 19.5. The van der Waals surface area contributed by atoms with Crippen molar-refractivity contribution in [3.63, 3.8) is 0 Å². The number of carbonyl (C=O) groups is 2. The molecular weight excluding hydrogens is 1150 g/mol. The van der Waals surface area contributed by atoms with E-state index in [0.717, 1.165) is 59.2 Å². The van der Waals surface area contributed by atoms with Crippen LogP contribution in [0, 0.1) is 0 Å². The van der Waals surface area contributed by atoms with Gasteiger partial charge in [-0.2, -0.15) is 0 Å². The Bertz CT molecular complexity index is 3300. The van der Waals surface area contributed by atoms with Crippen LogP contribution in [0.25, 0.3) is 0 Å². The van der Waals surface area contributed by atoms with E-state index in [1.165, 1.54) is 16.7 Å². The number of ether oxygens (including phenoxy) is 10. The van der Waals surface area contributed by atoms with E-state index in [2.05, 4.69) is 69.3 Å². The third kappa shape index (κ3) is 13.1. The molecule has 3 saturated heterocycles. The Morgan fingerprint density at radius 2 is 1.12 bits per heavy atom. The molecule has 0 aromatic heterocycles. The fourth-order valence-electron chi connectivity index (χ4n) is 13.3. The Morgan fingerprint density at radius 3 is 1.67 bits per heavy atom. The average Bonchev–Trinajstić information content (AvgIpc) is 1.15. The molecule has 11 atom stereocenters. The topological polar surface area (TPSA) is 139 Å². The lowest BCUT2D eigenvalue weighted by Crippen LogP contribution is -2.73. The summed E-state index contributed by atoms with van der Waals surface area (Å²) in [7, 11) is -1.79. The van der Waals surface area contributed by atoms with Crippen LogP contribution in [0.1, 0.15) is 102 Å². The molecule has 0 N–H and O–H groups in total. The van der Waals surface area contributed by atoms with Crippen molar-refractivity contribution in [2.45, 2.75) is 150 Å². The van der Waals surface area contributed by atoms with E-state index in [1.54, 1.807) is 31.4 Å². The number of benzene rings is 7. The van der Waals surface area contributed by atoms with E-state index < -0.39 is 97.7 Å². The van der Waals surface area contributed by atoms with Gasteiger partial charge in [0.2, 0.25) is 0 Å². The van der Waals surface area contributed by atoms with Crippen LogP contribution in [-0.2, 0) is 66.9 Å². The standard InChI is InChI=1S/C72H79NO13SSi/c1-71(2,3)88(54-32-18-9-19-33-54,55-34-20-10-21-35-55)86-64-62-59(48-80-72(85-62)42-24-11-25-43-72)82-70(87-5)65(64)84-68(52-38-40-53(76-4)41-39-52)83-61-58(47-77-44-49-26-12-6-13-27-49)81-69(79-46-51-30-16-8-17-31-51)60(63(61)78-45-50-28-14-7-15-29-50)73-66(74)56-36-22-23-37-57(56)67(73)75/h6-10,12-23,26-41,58-65,68-70H,11,24-25,42-48H2,1-5H3/t58-,59-,60-,61-,62-,63-,64+,65+,68+,69-,70-/m1/s1. The molecule has 1 spiro atoms. The number of imide groups is 1. The van der Waals surface area contributed by atoms with Crippen LogP contribution in [0.5, 0.6) is 5.75 Å². The molecule has 4 heterocycles. The Labute approximate surface area is 522 Å². The van der Waals surface area contributed by atoms with Gasteiger partial charge in [-0.25, -0.2) is 0 Å². The molecule has 1 aliphatic carbocycles. The van der Waals surface area contributed by atoms with Gasteiger partial charge in [0.1, 0.15) is 60.0 Å². The minimum atomic E-state index is -3.42. The molecule has 5 aliphatic rings. The highest BCUT2D eigenvalue weighted by atomic mass is 32.2. The van der Waals surface area contributed by atoms with Crippen molar-refractivity contribution in [2.24, 2.45) is 0 Å². The first-order valence-corrected chi connectivity index (χ1v) is 33.9. The van der Waals surface area contributed by atoms with Crippen molar-refractivity contribution < 1.29 is 61.4 Å². The Morgan fingerprint density at radius 1 is 0.602 bits per heavy atom. The molecule has 2 amide bonds. The van der Waals surface area contributed by atoms with Crippen LogP contribution in [-0.4, -0.2) is 118 Å². The van der Waals surface area contributed by atoms with Gasteiger partial charge in [-0.05, 0) is 75.5 Å². The molecule has 0 radical (unpaired) electrons. The summed E-state index contributed by atoms with van der Waals surface area (Å²) in [5, 5.41) is 1.74. The molecule has 460 valence electrons. The van der Waals surface area contributed by atoms with Crippen LogP contribution in [0.3, 0.4) is 0 Å². The van der Waals surface area contributed by atoms with Crippen molar-refractivity contribution in [3.05, 3.63) is 234 Å². The lowest BCUT2D eigenvalue weighted by molar-refractivity contribution is -0.379. The predicted molar refractivity (Wildman–Crippen MR) is 339 cm³/mol. The maximum Gasteiger partial charge on any atom is 0.262 e. The lowest BCUT2D eigenvalue weighted by Gasteiger charge is -2.56. The van der Waals surface area contributed by atoms with Crippen LogP contribution in [0.2, 0.25) is 5.04 Å². The van der Waals surface area contributed by atoms with E-state index in [1.807, 2.05) is 134 Å². The summed E-state index contributed by atoms with van der Waals surface area (Å²) in [4.78, 5) is 31.5. The van der Waals surface area contributed by atoms with Crippen molar-refractivity contribution >= 4 is 42.3 Å². The van der Waals surface area contributed by atoms with Crippen molar-refractivity contribution in [3.8, 4) is 5.75 Å². The molecule has 12 rings (SSSR count). The monoisotopic (exact) mass is 1230 g/mol. The van der Waals surface area contributed by atoms with Gasteiger partial charge < -0.3 is 51.8 Å². The summed E-state index contributed by atoms with van der Waals surface area (Å²) in [6, 6.07) is 63.8. The highest BCUT2D eigenvalue weighted by molar-refractivity contribution is 7.99. The van der Waals surface area contributed by atoms with E-state index in [4.69, 9.17) is 51.8 Å². The molecule has 7 aromatic carbocycles. The summed E-state index contributed by atoms with van der Waals surface area (Å²) < 4.78 is 79.4. The summed E-state index contributed by atoms with van der Waals surface area (Å²) in [5.74, 6) is -1.24. The SMILES string of the molecule is COc1ccc([C@H](O[C@H]2[C@@H](O[Si](c3ccccc3)(c3ccccc3)C(C)(C)C)[C@@H]3OC4(CCCCC4)OC[C@H]3O[C@@H]2SC)O[C@H]2[C@H](OCc3ccccc3)[C@@H](N3C(=O)c4ccccc4C3=O)[C@H](OCc3ccccc3)O[C@@H]2COCc2ccccc2)cc1. The molecule has 0 bridgehead atoms. The minimum absolute atomic E-state index is 0.0284. The number of amides is 2. The van der Waals surface area contributed by atoms with E-state index >= 15 is 9.59 Å². The molecule has 14 nitrogen and oxygen atoms in total. The first kappa shape index (κ1) is 61.9. The first-order chi connectivity index (χ1) is 43.0. The third-order valence-corrected chi connectivity index (χ3v) is 23.5. The van der Waals surface area contributed by atoms with Crippen molar-refractivity contribution in [2.75, 3.05) is 26.6 Å². The van der Waals surface area contributed by atoms with Gasteiger partial charge in [0.15, 0.2) is 18.4 Å². The molecule has 16 heteroatoms. The van der Waals surface area contributed by atoms with E-state index in [-0.39, 0.29) is 37.6 Å². The highest BCUT2D eigenvalue weighted by Crippen LogP contribution is 2.48. The Balaban J connectivity index is 1.02. The normalized spacial score (nSPS) is 25.7. The van der Waals surface area contributed by atoms with Gasteiger partial charge in [0, 0.05) is 18.4 Å². The van der Waals surface area contributed by atoms with Gasteiger partial charge in [-0.1, -0.05) is 203 Å². The van der Waals surface area contributed by atoms with Gasteiger partial charge in [-0.15, -0.1) is 11.8 Å². The minimum Gasteiger partial charge on any atom is -0.497 e. The third-order valence-electron chi connectivity index (χ3n) is 17.7. The second kappa shape index (κ2) is 27.8. The second-order valence-electron chi connectivity index (χ2n) is 24.3. The maximum atomic E-state index is 15.1. The molecule has 1 saturated carbocycles. The van der Waals surface area contributed by atoms with Gasteiger partial charge in [0.05, 0.1) is 51.3 Å². The number of thioether (sulfide) groups is 1. The Hall–Kier alpha value is -6.35. The van der Waals surface area contributed by atoms with Gasteiger partial charge in [0.25, 0.3) is 20.1 Å². The average molecular weight is 1230 g/mol. The van der Waals surface area contributed by atoms with Gasteiger partial charge >= 0.3 is 0 Å². The molecule has 4 aliphatic heterocycles. The molecule has 88 heavy (non-hydrogen) atoms. The molecule has 4 fully saturated rings. The van der Waals surface area contributed by atoms with Crippen molar-refractivity contribution in [1.82, 2.24) is 4.90 Å². The summed E-state index contributed by atoms with van der Waals surface area (Å²) >= 11 is 1.52. The maximum absolute atomic E-state index is 15.1. The zero-order chi connectivity index (χ0) is 60.7. The van der Waals surface area contributed by atoms with E-state index in [0.29, 0.717) is 17.9 Å². The number of methoxy groups -OCH3 is 1. The number of fused-ring (bicyclic) bond motifs is 2. The second-order valence-corrected chi connectivity index (χ2v) is 29.5. The fraction of sp³-hybridized carbons (Fsp3) is 0.389. The van der Waals surface area contributed by atoms with Crippen LogP contribution >= 0.6 is 11.8 Å². The fourth-order valence-corrected chi connectivity index (χ4v) is 18.7. The van der Waals surface area contributed by atoms with Crippen LogP contribution in [0.4, 0.5) is 0 Å². The molecule has 7 aromatic rings. The quantitative estimate of drug-likeness (QED) is 0.0361. The number of nitrogens with zero attached hydrogens (tertiary/aromatic N) is 1. The molecule has 0 unspecified atom stereocenters. The zero-order valence-corrected chi connectivity index (χ0v) is 52.5. The summed E-state index contributed by atoms with van der Waals surface area (Å²) in [6.07, 6.45) is -2.11. The number of hydrogen-bond donors (Lipinski definition) is 0. The van der Waals surface area contributed by atoms with Crippen LogP contribution in [0.15, 0.2) is 200 Å². The van der Waals surface area contributed by atoms with Gasteiger partial charge in [-0.3, -0.25) is 14.5 Å². The number of hydrogen-bond acceptors (Lipinski definition) is 14. The summed E-state index contributed by atoms with van der Waals surface area (Å²) in [5.41, 5.74) is 3.14.